The molecular formula is C24H28FN5O4S. The molecule has 1 atom stereocenters. The fourth-order valence-corrected chi connectivity index (χ4v) is 3.86. The van der Waals surface area contributed by atoms with Gasteiger partial charge in [0.1, 0.15) is 34.9 Å². The molecule has 1 aromatic carbocycles. The molecule has 4 rings (SSSR count). The number of rotatable bonds is 9. The number of anilines is 1. The van der Waals surface area contributed by atoms with E-state index in [1.54, 1.807) is 37.0 Å². The highest BCUT2D eigenvalue weighted by molar-refractivity contribution is 8.00. The van der Waals surface area contributed by atoms with Crippen molar-refractivity contribution in [1.29, 1.82) is 0 Å². The molecule has 186 valence electrons. The number of ether oxygens (including phenoxy) is 2. The number of aromatic nitrogens is 4. The Balaban J connectivity index is 0.00000167. The monoisotopic (exact) mass is 501 g/mol. The molecule has 0 aliphatic rings. The molecule has 1 unspecified atom stereocenters. The molecular weight excluding hydrogens is 473 g/mol. The van der Waals surface area contributed by atoms with Gasteiger partial charge in [0, 0.05) is 5.75 Å². The van der Waals surface area contributed by atoms with Crippen LogP contribution in [0.25, 0.3) is 17.3 Å². The van der Waals surface area contributed by atoms with Crippen molar-refractivity contribution in [2.24, 2.45) is 0 Å². The van der Waals surface area contributed by atoms with Gasteiger partial charge in [-0.25, -0.2) is 4.39 Å². The van der Waals surface area contributed by atoms with Crippen molar-refractivity contribution in [2.75, 3.05) is 24.7 Å². The highest BCUT2D eigenvalue weighted by Gasteiger charge is 2.24. The largest absolute Gasteiger partial charge is 0.494 e. The first-order valence-corrected chi connectivity index (χ1v) is 11.9. The smallest absolute Gasteiger partial charge is 0.239 e. The molecule has 4 aromatic rings. The van der Waals surface area contributed by atoms with Crippen LogP contribution in [0.3, 0.4) is 0 Å². The zero-order valence-electron chi connectivity index (χ0n) is 20.2. The molecule has 3 heterocycles. The molecule has 0 amide bonds. The van der Waals surface area contributed by atoms with Crippen LogP contribution in [-0.2, 0) is 0 Å². The lowest BCUT2D eigenvalue weighted by Gasteiger charge is -2.17. The number of benzene rings is 1. The molecule has 35 heavy (non-hydrogen) atoms. The average Bonchev–Trinajstić information content (AvgIpc) is 3.50. The van der Waals surface area contributed by atoms with E-state index in [0.29, 0.717) is 40.4 Å². The first kappa shape index (κ1) is 26.0. The van der Waals surface area contributed by atoms with Crippen LogP contribution in [0, 0.1) is 12.7 Å². The van der Waals surface area contributed by atoms with Gasteiger partial charge in [-0.15, -0.1) is 10.2 Å². The zero-order chi connectivity index (χ0) is 25.4. The highest BCUT2D eigenvalue weighted by Crippen LogP contribution is 2.38. The van der Waals surface area contributed by atoms with Gasteiger partial charge in [-0.1, -0.05) is 19.9 Å². The Morgan fingerprint density at radius 2 is 1.80 bits per heavy atom. The molecule has 0 aliphatic heterocycles. The second-order valence-corrected chi connectivity index (χ2v) is 7.76. The summed E-state index contributed by atoms with van der Waals surface area (Å²) in [6.45, 7) is 5.84. The normalized spacial score (nSPS) is 11.4. The van der Waals surface area contributed by atoms with Crippen LogP contribution < -0.4 is 14.2 Å². The van der Waals surface area contributed by atoms with E-state index in [9.17, 15) is 9.50 Å². The van der Waals surface area contributed by atoms with Gasteiger partial charge < -0.3 is 19.0 Å². The van der Waals surface area contributed by atoms with Crippen molar-refractivity contribution >= 4 is 17.9 Å². The van der Waals surface area contributed by atoms with Gasteiger partial charge in [0.2, 0.25) is 11.8 Å². The Labute approximate surface area is 207 Å². The van der Waals surface area contributed by atoms with Gasteiger partial charge in [-0.2, -0.15) is 0 Å². The van der Waals surface area contributed by atoms with E-state index in [2.05, 4.69) is 19.9 Å². The number of hydrogen-bond donors (Lipinski definition) is 2. The summed E-state index contributed by atoms with van der Waals surface area (Å²) in [6.07, 6.45) is 0.159. The van der Waals surface area contributed by atoms with E-state index in [1.807, 2.05) is 32.9 Å². The third kappa shape index (κ3) is 5.92. The Bertz CT molecular complexity index is 1210. The third-order valence-corrected chi connectivity index (χ3v) is 5.55. The predicted molar refractivity (Wildman–Crippen MR) is 133 cm³/mol. The predicted octanol–water partition coefficient (Wildman–Crippen LogP) is 5.21. The minimum Gasteiger partial charge on any atom is -0.494 e. The minimum atomic E-state index is -0.910. The molecule has 0 bridgehead atoms. The topological polar surface area (TPSA) is 107 Å². The van der Waals surface area contributed by atoms with Crippen molar-refractivity contribution in [1.82, 2.24) is 19.7 Å². The molecule has 0 fully saturated rings. The average molecular weight is 502 g/mol. The van der Waals surface area contributed by atoms with Crippen molar-refractivity contribution in [3.05, 3.63) is 65.9 Å². The van der Waals surface area contributed by atoms with Crippen LogP contribution in [-0.4, -0.2) is 44.8 Å². The van der Waals surface area contributed by atoms with Gasteiger partial charge in [-0.05, 0) is 55.3 Å². The summed E-state index contributed by atoms with van der Waals surface area (Å²) in [5, 5.41) is 19.0. The van der Waals surface area contributed by atoms with Crippen molar-refractivity contribution in [3.63, 3.8) is 0 Å². The van der Waals surface area contributed by atoms with Crippen LogP contribution in [0.15, 0.2) is 53.1 Å². The SMILES string of the molecule is CC.COc1cccc(OC)c1-n1c(NSCC(O)c2ccc(F)cn2)nnc1-c1ccc(C)o1. The number of hydrogen-bond acceptors (Lipinski definition) is 9. The molecule has 0 saturated heterocycles. The number of halogens is 1. The molecule has 0 aliphatic carbocycles. The van der Waals surface area contributed by atoms with E-state index >= 15 is 0 Å². The maximum Gasteiger partial charge on any atom is 0.239 e. The Morgan fingerprint density at radius 3 is 2.37 bits per heavy atom. The first-order valence-electron chi connectivity index (χ1n) is 10.9. The Kier molecular flexibility index (Phi) is 9.10. The zero-order valence-corrected chi connectivity index (χ0v) is 21.0. The van der Waals surface area contributed by atoms with E-state index in [-0.39, 0.29) is 5.75 Å². The molecule has 2 N–H and O–H groups in total. The van der Waals surface area contributed by atoms with E-state index in [0.717, 1.165) is 12.0 Å². The summed E-state index contributed by atoms with van der Waals surface area (Å²) < 4.78 is 34.9. The lowest BCUT2D eigenvalue weighted by molar-refractivity contribution is 0.199. The summed E-state index contributed by atoms with van der Waals surface area (Å²) >= 11 is 1.19. The van der Waals surface area contributed by atoms with Gasteiger partial charge in [-0.3, -0.25) is 14.3 Å². The molecule has 0 saturated carbocycles. The number of pyridine rings is 1. The van der Waals surface area contributed by atoms with E-state index < -0.39 is 11.9 Å². The van der Waals surface area contributed by atoms with Crippen molar-refractivity contribution < 1.29 is 23.4 Å². The van der Waals surface area contributed by atoms with E-state index in [1.165, 1.54) is 24.1 Å². The summed E-state index contributed by atoms with van der Waals surface area (Å²) in [5.74, 6) is 2.90. The molecule has 0 radical (unpaired) electrons. The van der Waals surface area contributed by atoms with Gasteiger partial charge in [0.25, 0.3) is 0 Å². The molecule has 9 nitrogen and oxygen atoms in total. The van der Waals surface area contributed by atoms with Crippen LogP contribution in [0.5, 0.6) is 11.5 Å². The fraction of sp³-hybridized carbons (Fsp3) is 0.292. The van der Waals surface area contributed by atoms with Gasteiger partial charge in [0.05, 0.1) is 26.1 Å². The summed E-state index contributed by atoms with van der Waals surface area (Å²) in [7, 11) is 3.13. The van der Waals surface area contributed by atoms with Crippen molar-refractivity contribution in [2.45, 2.75) is 26.9 Å². The van der Waals surface area contributed by atoms with Crippen LogP contribution in [0.4, 0.5) is 10.3 Å². The Morgan fingerprint density at radius 1 is 1.09 bits per heavy atom. The van der Waals surface area contributed by atoms with Crippen LogP contribution >= 0.6 is 11.9 Å². The minimum absolute atomic E-state index is 0.226. The second-order valence-electron chi connectivity index (χ2n) is 6.93. The van der Waals surface area contributed by atoms with Gasteiger partial charge >= 0.3 is 0 Å². The van der Waals surface area contributed by atoms with E-state index in [4.69, 9.17) is 13.9 Å². The summed E-state index contributed by atoms with van der Waals surface area (Å²) in [4.78, 5) is 3.92. The number of furan rings is 1. The number of methoxy groups -OCH3 is 2. The number of nitrogens with zero attached hydrogens (tertiary/aromatic N) is 4. The molecule has 0 spiro atoms. The number of nitrogens with one attached hydrogen (secondary N) is 1. The maximum absolute atomic E-state index is 13.1. The fourth-order valence-electron chi connectivity index (χ4n) is 3.18. The van der Waals surface area contributed by atoms with Crippen LogP contribution in [0.2, 0.25) is 0 Å². The van der Waals surface area contributed by atoms with Gasteiger partial charge in [0.15, 0.2) is 5.76 Å². The third-order valence-electron chi connectivity index (χ3n) is 4.75. The van der Waals surface area contributed by atoms with Crippen molar-refractivity contribution in [3.8, 4) is 28.8 Å². The summed E-state index contributed by atoms with van der Waals surface area (Å²) in [5.41, 5.74) is 0.950. The highest BCUT2D eigenvalue weighted by atomic mass is 32.2. The lowest BCUT2D eigenvalue weighted by atomic mass is 10.2. The number of aryl methyl sites for hydroxylation is 1. The quantitative estimate of drug-likeness (QED) is 0.299. The number of aliphatic hydroxyl groups excluding tert-OH is 1. The molecule has 11 heteroatoms. The first-order chi connectivity index (χ1) is 17.0. The van der Waals surface area contributed by atoms with Crippen LogP contribution in [0.1, 0.15) is 31.4 Å². The maximum atomic E-state index is 13.1. The summed E-state index contributed by atoms with van der Waals surface area (Å²) in [6, 6.07) is 11.8. The number of aliphatic hydroxyl groups is 1. The second kappa shape index (κ2) is 12.2. The lowest BCUT2D eigenvalue weighted by Crippen LogP contribution is -2.09. The Hall–Kier alpha value is -3.57. The molecule has 3 aromatic heterocycles. The number of para-hydroxylation sites is 1. The standard InChI is InChI=1S/C22H22FN5O4S.C2H6/c1-13-7-10-19(32-13)21-25-26-22(27-33-12-16(29)15-9-8-14(23)11-24-15)28(21)20-17(30-2)5-4-6-18(20)31-3;1-2/h4-11,16,29H,12H2,1-3H3,(H,26,27);1-2H3.